The number of carbonyl (C=O) groups is 1. The van der Waals surface area contributed by atoms with Crippen LogP contribution in [0.2, 0.25) is 0 Å². The van der Waals surface area contributed by atoms with Crippen molar-refractivity contribution in [2.24, 2.45) is 0 Å². The average Bonchev–Trinajstić information content (AvgIpc) is 2.63. The SMILES string of the molecule is CCNC(=O)N(CCc1ccc(OC)c(OC)c1)C1CCN(C)CC1. The van der Waals surface area contributed by atoms with Gasteiger partial charge < -0.3 is 24.6 Å². The molecule has 0 spiro atoms. The average molecular weight is 349 g/mol. The van der Waals surface area contributed by atoms with Crippen molar-refractivity contribution in [3.05, 3.63) is 23.8 Å². The van der Waals surface area contributed by atoms with E-state index in [1.54, 1.807) is 14.2 Å². The van der Waals surface area contributed by atoms with Gasteiger partial charge in [-0.25, -0.2) is 4.79 Å². The summed E-state index contributed by atoms with van der Waals surface area (Å²) in [6.07, 6.45) is 2.85. The van der Waals surface area contributed by atoms with Crippen LogP contribution in [0.15, 0.2) is 18.2 Å². The van der Waals surface area contributed by atoms with Crippen molar-refractivity contribution < 1.29 is 14.3 Å². The van der Waals surface area contributed by atoms with Crippen molar-refractivity contribution in [3.63, 3.8) is 0 Å². The van der Waals surface area contributed by atoms with Crippen molar-refractivity contribution in [2.45, 2.75) is 32.2 Å². The van der Waals surface area contributed by atoms with Gasteiger partial charge >= 0.3 is 6.03 Å². The van der Waals surface area contributed by atoms with Crippen molar-refractivity contribution in [3.8, 4) is 11.5 Å². The first kappa shape index (κ1) is 19.4. The van der Waals surface area contributed by atoms with Crippen molar-refractivity contribution in [1.82, 2.24) is 15.1 Å². The van der Waals surface area contributed by atoms with E-state index in [2.05, 4.69) is 17.3 Å². The van der Waals surface area contributed by atoms with E-state index in [4.69, 9.17) is 9.47 Å². The van der Waals surface area contributed by atoms with Crippen LogP contribution in [0.25, 0.3) is 0 Å². The Morgan fingerprint density at radius 2 is 1.92 bits per heavy atom. The Kier molecular flexibility index (Phi) is 7.37. The first-order chi connectivity index (χ1) is 12.1. The summed E-state index contributed by atoms with van der Waals surface area (Å²) < 4.78 is 10.7. The second-order valence-electron chi connectivity index (χ2n) is 6.50. The van der Waals surface area contributed by atoms with E-state index in [0.717, 1.165) is 49.4 Å². The third kappa shape index (κ3) is 5.26. The number of hydrogen-bond acceptors (Lipinski definition) is 4. The number of nitrogens with one attached hydrogen (secondary N) is 1. The van der Waals surface area contributed by atoms with Crippen LogP contribution in [0.1, 0.15) is 25.3 Å². The molecule has 2 rings (SSSR count). The van der Waals surface area contributed by atoms with Crippen LogP contribution >= 0.6 is 0 Å². The predicted octanol–water partition coefficient (Wildman–Crippen LogP) is 2.37. The Balaban J connectivity index is 2.05. The Morgan fingerprint density at radius 3 is 2.52 bits per heavy atom. The molecule has 140 valence electrons. The highest BCUT2D eigenvalue weighted by Crippen LogP contribution is 2.28. The van der Waals surface area contributed by atoms with Gasteiger partial charge in [-0.2, -0.15) is 0 Å². The van der Waals surface area contributed by atoms with E-state index in [9.17, 15) is 4.79 Å². The molecule has 0 saturated carbocycles. The van der Waals surface area contributed by atoms with Gasteiger partial charge in [-0.15, -0.1) is 0 Å². The number of nitrogens with zero attached hydrogens (tertiary/aromatic N) is 2. The molecule has 1 fully saturated rings. The summed E-state index contributed by atoms with van der Waals surface area (Å²) in [5.74, 6) is 1.45. The molecule has 0 bridgehead atoms. The van der Waals surface area contributed by atoms with Gasteiger partial charge in [0.05, 0.1) is 14.2 Å². The van der Waals surface area contributed by atoms with E-state index < -0.39 is 0 Å². The number of urea groups is 1. The number of hydrogen-bond donors (Lipinski definition) is 1. The van der Waals surface area contributed by atoms with Crippen molar-refractivity contribution in [2.75, 3.05) is 47.4 Å². The Hall–Kier alpha value is -1.95. The lowest BCUT2D eigenvalue weighted by Gasteiger charge is -2.37. The molecule has 25 heavy (non-hydrogen) atoms. The number of likely N-dealkylation sites (tertiary alicyclic amines) is 1. The molecule has 1 aromatic rings. The maximum atomic E-state index is 12.5. The first-order valence-corrected chi connectivity index (χ1v) is 9.03. The monoisotopic (exact) mass is 349 g/mol. The van der Waals surface area contributed by atoms with E-state index >= 15 is 0 Å². The van der Waals surface area contributed by atoms with Gasteiger partial charge in [-0.3, -0.25) is 0 Å². The third-order valence-corrected chi connectivity index (χ3v) is 4.81. The highest BCUT2D eigenvalue weighted by Gasteiger charge is 2.26. The fourth-order valence-electron chi connectivity index (χ4n) is 3.30. The number of methoxy groups -OCH3 is 2. The Bertz CT molecular complexity index is 557. The van der Waals surface area contributed by atoms with Gasteiger partial charge in [0.1, 0.15) is 0 Å². The molecule has 1 N–H and O–H groups in total. The molecule has 0 aliphatic carbocycles. The van der Waals surface area contributed by atoms with E-state index in [0.29, 0.717) is 19.1 Å². The zero-order chi connectivity index (χ0) is 18.2. The zero-order valence-corrected chi connectivity index (χ0v) is 15.9. The number of carbonyl (C=O) groups excluding carboxylic acids is 1. The van der Waals surface area contributed by atoms with Crippen LogP contribution in [0.3, 0.4) is 0 Å². The van der Waals surface area contributed by atoms with E-state index in [-0.39, 0.29) is 6.03 Å². The highest BCUT2D eigenvalue weighted by molar-refractivity contribution is 5.74. The molecule has 1 saturated heterocycles. The van der Waals surface area contributed by atoms with E-state index in [1.807, 2.05) is 30.0 Å². The van der Waals surface area contributed by atoms with Crippen LogP contribution in [0, 0.1) is 0 Å². The van der Waals surface area contributed by atoms with Gasteiger partial charge in [0, 0.05) is 19.1 Å². The summed E-state index contributed by atoms with van der Waals surface area (Å²) in [7, 11) is 5.41. The van der Waals surface area contributed by atoms with E-state index in [1.165, 1.54) is 0 Å². The first-order valence-electron chi connectivity index (χ1n) is 9.03. The fourth-order valence-corrected chi connectivity index (χ4v) is 3.30. The number of ether oxygens (including phenoxy) is 2. The second kappa shape index (κ2) is 9.51. The topological polar surface area (TPSA) is 54.0 Å². The molecule has 6 heteroatoms. The van der Waals surface area contributed by atoms with Gasteiger partial charge in [0.2, 0.25) is 0 Å². The molecule has 6 nitrogen and oxygen atoms in total. The molecule has 0 radical (unpaired) electrons. The van der Waals surface area contributed by atoms with Crippen molar-refractivity contribution in [1.29, 1.82) is 0 Å². The van der Waals surface area contributed by atoms with Crippen LogP contribution in [-0.2, 0) is 6.42 Å². The molecule has 2 amide bonds. The zero-order valence-electron chi connectivity index (χ0n) is 15.9. The number of piperidine rings is 1. The molecule has 1 aromatic carbocycles. The Morgan fingerprint density at radius 1 is 1.24 bits per heavy atom. The maximum absolute atomic E-state index is 12.5. The van der Waals surface area contributed by atoms with Crippen LogP contribution in [0.5, 0.6) is 11.5 Å². The quantitative estimate of drug-likeness (QED) is 0.821. The summed E-state index contributed by atoms with van der Waals surface area (Å²) >= 11 is 0. The van der Waals surface area contributed by atoms with Gasteiger partial charge in [-0.05, 0) is 64.0 Å². The molecule has 0 aromatic heterocycles. The normalized spacial score (nSPS) is 15.7. The van der Waals surface area contributed by atoms with Gasteiger partial charge in [0.25, 0.3) is 0 Å². The molecule has 0 atom stereocenters. The van der Waals surface area contributed by atoms with Gasteiger partial charge in [-0.1, -0.05) is 6.07 Å². The van der Waals surface area contributed by atoms with Crippen LogP contribution in [0.4, 0.5) is 4.79 Å². The minimum atomic E-state index is 0.0394. The largest absolute Gasteiger partial charge is 0.493 e. The number of benzene rings is 1. The summed E-state index contributed by atoms with van der Waals surface area (Å²) in [6.45, 7) is 5.39. The van der Waals surface area contributed by atoms with Crippen molar-refractivity contribution >= 4 is 6.03 Å². The molecular formula is C19H31N3O3. The summed E-state index contributed by atoms with van der Waals surface area (Å²) in [4.78, 5) is 16.9. The minimum absolute atomic E-state index is 0.0394. The third-order valence-electron chi connectivity index (χ3n) is 4.81. The van der Waals surface area contributed by atoms with Crippen LogP contribution < -0.4 is 14.8 Å². The lowest BCUT2D eigenvalue weighted by Crippen LogP contribution is -2.50. The number of amides is 2. The predicted molar refractivity (Wildman–Crippen MR) is 99.5 cm³/mol. The molecule has 1 aliphatic heterocycles. The number of rotatable bonds is 7. The summed E-state index contributed by atoms with van der Waals surface area (Å²) in [6, 6.07) is 6.29. The lowest BCUT2D eigenvalue weighted by molar-refractivity contribution is 0.132. The highest BCUT2D eigenvalue weighted by atomic mass is 16.5. The smallest absolute Gasteiger partial charge is 0.317 e. The second-order valence-corrected chi connectivity index (χ2v) is 6.50. The fraction of sp³-hybridized carbons (Fsp3) is 0.632. The lowest BCUT2D eigenvalue weighted by atomic mass is 10.0. The molecule has 1 aliphatic rings. The van der Waals surface area contributed by atoms with Gasteiger partial charge in [0.15, 0.2) is 11.5 Å². The molecular weight excluding hydrogens is 318 g/mol. The van der Waals surface area contributed by atoms with Crippen LogP contribution in [-0.4, -0.2) is 69.3 Å². The standard InChI is InChI=1S/C19H31N3O3/c1-5-20-19(23)22(16-9-11-21(2)12-10-16)13-8-15-6-7-17(24-3)18(14-15)25-4/h6-7,14,16H,5,8-13H2,1-4H3,(H,20,23). The Labute approximate surface area is 151 Å². The summed E-state index contributed by atoms with van der Waals surface area (Å²) in [5.41, 5.74) is 1.14. The summed E-state index contributed by atoms with van der Waals surface area (Å²) in [5, 5.41) is 2.96. The minimum Gasteiger partial charge on any atom is -0.493 e. The maximum Gasteiger partial charge on any atom is 0.317 e. The molecule has 0 unspecified atom stereocenters. The molecule has 1 heterocycles.